The molecule has 1 aromatic heterocycles. The van der Waals surface area contributed by atoms with Gasteiger partial charge in [0, 0.05) is 15.2 Å². The van der Waals surface area contributed by atoms with Gasteiger partial charge in [0.25, 0.3) is 9.05 Å². The first kappa shape index (κ1) is 14.8. The maximum Gasteiger partial charge on any atom is 0.266 e. The predicted octanol–water partition coefficient (Wildman–Crippen LogP) is 3.58. The van der Waals surface area contributed by atoms with Crippen LogP contribution in [0.1, 0.15) is 11.3 Å². The van der Waals surface area contributed by atoms with E-state index in [9.17, 15) is 8.42 Å². The van der Waals surface area contributed by atoms with E-state index in [2.05, 4.69) is 21.0 Å². The molecule has 0 aliphatic carbocycles. The van der Waals surface area contributed by atoms with Gasteiger partial charge in [0.05, 0.1) is 12.2 Å². The highest BCUT2D eigenvalue weighted by Crippen LogP contribution is 2.28. The van der Waals surface area contributed by atoms with Crippen LogP contribution in [-0.2, 0) is 15.6 Å². The van der Waals surface area contributed by atoms with Crippen molar-refractivity contribution in [1.82, 2.24) is 9.78 Å². The van der Waals surface area contributed by atoms with E-state index < -0.39 is 9.05 Å². The molecule has 0 aliphatic heterocycles. The van der Waals surface area contributed by atoms with Crippen LogP contribution in [-0.4, -0.2) is 18.2 Å². The molecule has 0 aliphatic rings. The summed E-state index contributed by atoms with van der Waals surface area (Å²) in [6.45, 7) is 1.93. The van der Waals surface area contributed by atoms with Gasteiger partial charge in [0.15, 0.2) is 0 Å². The second kappa shape index (κ2) is 5.44. The fourth-order valence-electron chi connectivity index (χ4n) is 1.68. The number of hydrogen-bond acceptors (Lipinski definition) is 3. The minimum atomic E-state index is -3.89. The Kier molecular flexibility index (Phi) is 4.25. The summed E-state index contributed by atoms with van der Waals surface area (Å²) in [5, 5.41) is 4.13. The van der Waals surface area contributed by atoms with Gasteiger partial charge >= 0.3 is 0 Å². The van der Waals surface area contributed by atoms with Gasteiger partial charge in [0.2, 0.25) is 0 Å². The van der Waals surface area contributed by atoms with E-state index in [0.717, 1.165) is 10.0 Å². The van der Waals surface area contributed by atoms with Crippen LogP contribution in [0.4, 0.5) is 0 Å². The van der Waals surface area contributed by atoms with Crippen molar-refractivity contribution in [1.29, 1.82) is 0 Å². The summed E-state index contributed by atoms with van der Waals surface area (Å²) in [5.74, 6) is 0. The topological polar surface area (TPSA) is 52.0 Å². The van der Waals surface area contributed by atoms with Crippen LogP contribution in [0, 0.1) is 6.92 Å². The number of rotatable bonds is 3. The lowest BCUT2D eigenvalue weighted by Crippen LogP contribution is -2.02. The lowest BCUT2D eigenvalue weighted by molar-refractivity contribution is 0.609. The third-order valence-corrected chi connectivity index (χ3v) is 4.97. The summed E-state index contributed by atoms with van der Waals surface area (Å²) in [5.41, 5.74) is 1.24. The molecular weight excluding hydrogens is 375 g/mol. The molecule has 102 valence electrons. The minimum Gasteiger partial charge on any atom is -0.248 e. The Hall–Kier alpha value is -0.560. The predicted molar refractivity (Wildman–Crippen MR) is 78.3 cm³/mol. The fourth-order valence-corrected chi connectivity index (χ4v) is 3.86. The standard InChI is InChI=1S/C11H9BrCl2N2O2S/c1-7-10(19(14,17)18)11(13)16(15-7)6-8-2-4-9(12)5-3-8/h2-5H,6H2,1H3. The van der Waals surface area contributed by atoms with Gasteiger partial charge in [-0.3, -0.25) is 0 Å². The maximum absolute atomic E-state index is 11.4. The summed E-state index contributed by atoms with van der Waals surface area (Å²) in [7, 11) is 1.44. The van der Waals surface area contributed by atoms with E-state index in [1.807, 2.05) is 24.3 Å². The Bertz CT molecular complexity index is 711. The highest BCUT2D eigenvalue weighted by atomic mass is 79.9. The highest BCUT2D eigenvalue weighted by Gasteiger charge is 2.24. The fraction of sp³-hybridized carbons (Fsp3) is 0.182. The SMILES string of the molecule is Cc1nn(Cc2ccc(Br)cc2)c(Cl)c1S(=O)(=O)Cl. The first-order valence-electron chi connectivity index (χ1n) is 5.21. The quantitative estimate of drug-likeness (QED) is 0.761. The highest BCUT2D eigenvalue weighted by molar-refractivity contribution is 9.10. The van der Waals surface area contributed by atoms with Gasteiger partial charge in [-0.25, -0.2) is 13.1 Å². The normalized spacial score (nSPS) is 11.8. The van der Waals surface area contributed by atoms with Crippen molar-refractivity contribution < 1.29 is 8.42 Å². The molecule has 1 aromatic carbocycles. The first-order valence-corrected chi connectivity index (χ1v) is 8.69. The van der Waals surface area contributed by atoms with E-state index in [0.29, 0.717) is 6.54 Å². The van der Waals surface area contributed by atoms with E-state index >= 15 is 0 Å². The third-order valence-electron chi connectivity index (χ3n) is 2.50. The van der Waals surface area contributed by atoms with Crippen molar-refractivity contribution >= 4 is 47.3 Å². The molecule has 0 saturated heterocycles. The molecule has 2 rings (SSSR count). The van der Waals surface area contributed by atoms with E-state index in [4.69, 9.17) is 22.3 Å². The van der Waals surface area contributed by atoms with Crippen molar-refractivity contribution in [3.8, 4) is 0 Å². The average molecular weight is 384 g/mol. The summed E-state index contributed by atoms with van der Waals surface area (Å²) in [6.07, 6.45) is 0. The molecule has 0 bridgehead atoms. The van der Waals surface area contributed by atoms with E-state index in [1.54, 1.807) is 6.92 Å². The zero-order valence-electron chi connectivity index (χ0n) is 9.77. The second-order valence-corrected chi connectivity index (χ2v) is 7.70. The number of halogens is 3. The Labute approximate surface area is 128 Å². The second-order valence-electron chi connectivity index (χ2n) is 3.93. The Morgan fingerprint density at radius 2 is 1.89 bits per heavy atom. The number of hydrogen-bond donors (Lipinski definition) is 0. The van der Waals surface area contributed by atoms with Crippen LogP contribution in [0.25, 0.3) is 0 Å². The third kappa shape index (κ3) is 3.31. The zero-order valence-corrected chi connectivity index (χ0v) is 13.7. The average Bonchev–Trinajstić information content (AvgIpc) is 2.56. The number of aromatic nitrogens is 2. The Balaban J connectivity index is 2.40. The zero-order chi connectivity index (χ0) is 14.2. The Morgan fingerprint density at radius 3 is 2.37 bits per heavy atom. The van der Waals surface area contributed by atoms with Crippen molar-refractivity contribution in [2.75, 3.05) is 0 Å². The molecule has 0 saturated carbocycles. The van der Waals surface area contributed by atoms with Crippen LogP contribution >= 0.6 is 38.2 Å². The van der Waals surface area contributed by atoms with Crippen molar-refractivity contribution in [3.63, 3.8) is 0 Å². The van der Waals surface area contributed by atoms with Gasteiger partial charge < -0.3 is 0 Å². The molecule has 8 heteroatoms. The van der Waals surface area contributed by atoms with Crippen molar-refractivity contribution in [2.24, 2.45) is 0 Å². The molecule has 0 N–H and O–H groups in total. The first-order chi connectivity index (χ1) is 8.79. The molecule has 2 aromatic rings. The summed E-state index contributed by atoms with van der Waals surface area (Å²) in [4.78, 5) is -0.132. The van der Waals surface area contributed by atoms with Crippen molar-refractivity contribution in [3.05, 3.63) is 45.1 Å². The lowest BCUT2D eigenvalue weighted by Gasteiger charge is -2.03. The van der Waals surface area contributed by atoms with Crippen LogP contribution in [0.2, 0.25) is 5.15 Å². The summed E-state index contributed by atoms with van der Waals surface area (Å²) in [6, 6.07) is 7.57. The minimum absolute atomic E-state index is 0.0235. The molecule has 0 amide bonds. The van der Waals surface area contributed by atoms with E-state index in [-0.39, 0.29) is 15.7 Å². The molecule has 19 heavy (non-hydrogen) atoms. The number of nitrogens with zero attached hydrogens (tertiary/aromatic N) is 2. The van der Waals surface area contributed by atoms with Crippen LogP contribution in [0.3, 0.4) is 0 Å². The van der Waals surface area contributed by atoms with Gasteiger partial charge in [0.1, 0.15) is 10.0 Å². The molecule has 0 fully saturated rings. The van der Waals surface area contributed by atoms with Crippen LogP contribution < -0.4 is 0 Å². The lowest BCUT2D eigenvalue weighted by atomic mass is 10.2. The van der Waals surface area contributed by atoms with Gasteiger partial charge in [-0.05, 0) is 24.6 Å². The van der Waals surface area contributed by atoms with Gasteiger partial charge in [-0.2, -0.15) is 5.10 Å². The summed E-state index contributed by atoms with van der Waals surface area (Å²) >= 11 is 9.36. The molecule has 0 unspecified atom stereocenters. The molecular formula is C11H9BrCl2N2O2S. The van der Waals surface area contributed by atoms with Gasteiger partial charge in [-0.15, -0.1) is 0 Å². The van der Waals surface area contributed by atoms with Crippen molar-refractivity contribution in [2.45, 2.75) is 18.4 Å². The Morgan fingerprint density at radius 1 is 1.32 bits per heavy atom. The molecule has 1 heterocycles. The van der Waals surface area contributed by atoms with Gasteiger partial charge in [-0.1, -0.05) is 39.7 Å². The number of benzene rings is 1. The van der Waals surface area contributed by atoms with Crippen LogP contribution in [0.5, 0.6) is 0 Å². The molecule has 4 nitrogen and oxygen atoms in total. The molecule has 0 atom stereocenters. The maximum atomic E-state index is 11.4. The summed E-state index contributed by atoms with van der Waals surface area (Å²) < 4.78 is 25.2. The largest absolute Gasteiger partial charge is 0.266 e. The van der Waals surface area contributed by atoms with E-state index in [1.165, 1.54) is 4.68 Å². The molecule has 0 radical (unpaired) electrons. The monoisotopic (exact) mass is 382 g/mol. The smallest absolute Gasteiger partial charge is 0.248 e. The molecule has 0 spiro atoms. The van der Waals surface area contributed by atoms with Crippen LogP contribution in [0.15, 0.2) is 33.6 Å². The number of aryl methyl sites for hydroxylation is 1.